The third-order valence-corrected chi connectivity index (χ3v) is 5.66. The molecule has 2 aromatic heterocycles. The van der Waals surface area contributed by atoms with Crippen LogP contribution in [0.4, 0.5) is 5.69 Å². The Kier molecular flexibility index (Phi) is 4.54. The highest BCUT2D eigenvalue weighted by Gasteiger charge is 2.26. The van der Waals surface area contributed by atoms with Crippen molar-refractivity contribution in [3.63, 3.8) is 0 Å². The number of carbonyl (C=O) groups is 1. The van der Waals surface area contributed by atoms with Crippen molar-refractivity contribution in [3.8, 4) is 5.75 Å². The molecule has 1 amide bonds. The van der Waals surface area contributed by atoms with Gasteiger partial charge in [0.1, 0.15) is 5.75 Å². The van der Waals surface area contributed by atoms with Crippen LogP contribution in [0.1, 0.15) is 16.1 Å². The van der Waals surface area contributed by atoms with Crippen molar-refractivity contribution in [3.05, 3.63) is 65.9 Å². The molecule has 0 radical (unpaired) electrons. The molecular weight excluding hydrogens is 378 g/mol. The molecular formula is C24H23N3O3. The molecule has 0 atom stereocenters. The predicted octanol–water partition coefficient (Wildman–Crippen LogP) is 4.26. The number of nitrogens with zero attached hydrogens (tertiary/aromatic N) is 3. The molecule has 5 rings (SSSR count). The molecule has 6 heteroatoms. The number of hydrogen-bond acceptors (Lipinski definition) is 5. The highest BCUT2D eigenvalue weighted by molar-refractivity contribution is 5.98. The van der Waals surface area contributed by atoms with Crippen LogP contribution in [0, 0.1) is 6.92 Å². The zero-order valence-electron chi connectivity index (χ0n) is 17.1. The second-order valence-electron chi connectivity index (χ2n) is 7.64. The Hall–Kier alpha value is -3.54. The molecule has 1 aliphatic rings. The van der Waals surface area contributed by atoms with Crippen LogP contribution in [-0.2, 0) is 0 Å². The van der Waals surface area contributed by atoms with Gasteiger partial charge >= 0.3 is 0 Å². The molecule has 0 spiro atoms. The van der Waals surface area contributed by atoms with Crippen molar-refractivity contribution in [2.24, 2.45) is 0 Å². The molecule has 2 aromatic carbocycles. The van der Waals surface area contributed by atoms with E-state index in [2.05, 4.69) is 16.0 Å². The molecule has 4 aromatic rings. The maximum absolute atomic E-state index is 13.0. The minimum absolute atomic E-state index is 0.0899. The summed E-state index contributed by atoms with van der Waals surface area (Å²) in [5, 5.41) is 1.89. The average Bonchev–Trinajstić information content (AvgIpc) is 3.20. The van der Waals surface area contributed by atoms with E-state index in [1.165, 1.54) is 0 Å². The zero-order valence-corrected chi connectivity index (χ0v) is 17.1. The van der Waals surface area contributed by atoms with Crippen molar-refractivity contribution in [2.75, 3.05) is 38.2 Å². The van der Waals surface area contributed by atoms with Crippen molar-refractivity contribution < 1.29 is 13.9 Å². The van der Waals surface area contributed by atoms with Crippen LogP contribution >= 0.6 is 0 Å². The van der Waals surface area contributed by atoms with Gasteiger partial charge in [0, 0.05) is 37.0 Å². The van der Waals surface area contributed by atoms with Gasteiger partial charge in [-0.25, -0.2) is 4.98 Å². The van der Waals surface area contributed by atoms with Gasteiger partial charge in [-0.3, -0.25) is 4.79 Å². The normalized spacial score (nSPS) is 14.5. The van der Waals surface area contributed by atoms with E-state index in [-0.39, 0.29) is 5.91 Å². The number of benzene rings is 2. The Morgan fingerprint density at radius 3 is 2.60 bits per heavy atom. The summed E-state index contributed by atoms with van der Waals surface area (Å²) in [5.74, 6) is 1.10. The summed E-state index contributed by atoms with van der Waals surface area (Å²) in [7, 11) is 1.68. The number of piperazine rings is 1. The number of carbonyl (C=O) groups excluding carboxylic acids is 1. The third kappa shape index (κ3) is 3.24. The fraction of sp³-hybridized carbons (Fsp3) is 0.250. The van der Waals surface area contributed by atoms with Crippen LogP contribution < -0.4 is 9.64 Å². The van der Waals surface area contributed by atoms with E-state index < -0.39 is 0 Å². The number of ether oxygens (including phenoxy) is 1. The van der Waals surface area contributed by atoms with Crippen molar-refractivity contribution in [2.45, 2.75) is 6.92 Å². The van der Waals surface area contributed by atoms with Crippen molar-refractivity contribution in [1.29, 1.82) is 0 Å². The largest absolute Gasteiger partial charge is 0.495 e. The zero-order chi connectivity index (χ0) is 20.7. The Morgan fingerprint density at radius 1 is 1.00 bits per heavy atom. The Balaban J connectivity index is 1.35. The lowest BCUT2D eigenvalue weighted by Gasteiger charge is -2.36. The Labute approximate surface area is 174 Å². The number of amides is 1. The van der Waals surface area contributed by atoms with Crippen LogP contribution in [0.25, 0.3) is 22.0 Å². The summed E-state index contributed by atoms with van der Waals surface area (Å²) < 4.78 is 11.3. The molecule has 0 saturated carbocycles. The van der Waals surface area contributed by atoms with Crippen LogP contribution in [0.5, 0.6) is 5.75 Å². The van der Waals surface area contributed by atoms with E-state index in [0.29, 0.717) is 24.6 Å². The van der Waals surface area contributed by atoms with E-state index in [1.807, 2.05) is 54.3 Å². The first-order valence-electron chi connectivity index (χ1n) is 10.1. The Morgan fingerprint density at radius 2 is 1.80 bits per heavy atom. The fourth-order valence-electron chi connectivity index (χ4n) is 4.04. The van der Waals surface area contributed by atoms with Crippen molar-refractivity contribution >= 4 is 33.6 Å². The lowest BCUT2D eigenvalue weighted by molar-refractivity contribution is 0.0716. The maximum Gasteiger partial charge on any atom is 0.289 e. The summed E-state index contributed by atoms with van der Waals surface area (Å²) in [4.78, 5) is 21.7. The molecule has 0 bridgehead atoms. The minimum Gasteiger partial charge on any atom is -0.495 e. The minimum atomic E-state index is -0.0899. The summed E-state index contributed by atoms with van der Waals surface area (Å²) in [5.41, 5.74) is 3.58. The first-order valence-corrected chi connectivity index (χ1v) is 10.1. The van der Waals surface area contributed by atoms with E-state index >= 15 is 0 Å². The molecule has 1 aliphatic heterocycles. The van der Waals surface area contributed by atoms with E-state index in [4.69, 9.17) is 9.15 Å². The molecule has 1 saturated heterocycles. The van der Waals surface area contributed by atoms with Gasteiger partial charge in [0.15, 0.2) is 5.76 Å². The third-order valence-electron chi connectivity index (χ3n) is 5.66. The summed E-state index contributed by atoms with van der Waals surface area (Å²) in [6.45, 7) is 4.78. The number of para-hydroxylation sites is 2. The quantitative estimate of drug-likeness (QED) is 0.513. The van der Waals surface area contributed by atoms with Crippen LogP contribution in [-0.4, -0.2) is 49.1 Å². The van der Waals surface area contributed by atoms with Crippen molar-refractivity contribution in [1.82, 2.24) is 9.88 Å². The first-order chi connectivity index (χ1) is 14.6. The second kappa shape index (κ2) is 7.37. The number of aromatic nitrogens is 1. The number of anilines is 1. The summed E-state index contributed by atoms with van der Waals surface area (Å²) >= 11 is 0. The van der Waals surface area contributed by atoms with Gasteiger partial charge in [-0.1, -0.05) is 24.3 Å². The number of methoxy groups -OCH3 is 1. The van der Waals surface area contributed by atoms with Gasteiger partial charge in [-0.05, 0) is 42.8 Å². The second-order valence-corrected chi connectivity index (χ2v) is 7.64. The molecule has 3 heterocycles. The average molecular weight is 401 g/mol. The number of pyridine rings is 1. The van der Waals surface area contributed by atoms with Gasteiger partial charge in [0.25, 0.3) is 5.91 Å². The van der Waals surface area contributed by atoms with Gasteiger partial charge in [-0.15, -0.1) is 0 Å². The van der Waals surface area contributed by atoms with Gasteiger partial charge in [-0.2, -0.15) is 0 Å². The van der Waals surface area contributed by atoms with E-state index in [1.54, 1.807) is 13.2 Å². The highest BCUT2D eigenvalue weighted by atomic mass is 16.5. The number of furan rings is 1. The van der Waals surface area contributed by atoms with Crippen LogP contribution in [0.3, 0.4) is 0 Å². The topological polar surface area (TPSA) is 58.8 Å². The van der Waals surface area contributed by atoms with Gasteiger partial charge < -0.3 is 19.0 Å². The van der Waals surface area contributed by atoms with Gasteiger partial charge in [0.05, 0.1) is 18.3 Å². The van der Waals surface area contributed by atoms with Crippen LogP contribution in [0.2, 0.25) is 0 Å². The predicted molar refractivity (Wildman–Crippen MR) is 117 cm³/mol. The molecule has 30 heavy (non-hydrogen) atoms. The number of fused-ring (bicyclic) bond motifs is 2. The summed E-state index contributed by atoms with van der Waals surface area (Å²) in [6, 6.07) is 17.9. The van der Waals surface area contributed by atoms with Gasteiger partial charge in [0.2, 0.25) is 5.71 Å². The lowest BCUT2D eigenvalue weighted by Crippen LogP contribution is -2.48. The molecule has 0 unspecified atom stereocenters. The molecule has 152 valence electrons. The SMILES string of the molecule is COc1ccccc1N1CCN(C(=O)c2cc3cc4ccc(C)cc4nc3o2)CC1. The van der Waals surface area contributed by atoms with E-state index in [9.17, 15) is 4.79 Å². The summed E-state index contributed by atoms with van der Waals surface area (Å²) in [6.07, 6.45) is 0. The molecule has 0 aliphatic carbocycles. The maximum atomic E-state index is 13.0. The van der Waals surface area contributed by atoms with E-state index in [0.717, 1.165) is 46.4 Å². The van der Waals surface area contributed by atoms with Crippen LogP contribution in [0.15, 0.2) is 59.0 Å². The number of aryl methyl sites for hydroxylation is 1. The number of rotatable bonds is 3. The molecule has 0 N–H and O–H groups in total. The smallest absolute Gasteiger partial charge is 0.289 e. The molecule has 6 nitrogen and oxygen atoms in total. The fourth-order valence-corrected chi connectivity index (χ4v) is 4.04. The Bertz CT molecular complexity index is 1240. The number of hydrogen-bond donors (Lipinski definition) is 0. The first kappa shape index (κ1) is 18.5. The standard InChI is InChI=1S/C24H23N3O3/c1-16-7-8-17-14-18-15-22(30-23(18)25-19(17)13-16)24(28)27-11-9-26(10-12-27)20-5-3-4-6-21(20)29-2/h3-8,13-15H,9-12H2,1-2H3. The lowest BCUT2D eigenvalue weighted by atomic mass is 10.1. The monoisotopic (exact) mass is 401 g/mol. The highest BCUT2D eigenvalue weighted by Crippen LogP contribution is 2.29. The molecule has 1 fully saturated rings.